The molecule has 0 saturated heterocycles. The van der Waals surface area contributed by atoms with Gasteiger partial charge >= 0.3 is 17.9 Å². The van der Waals surface area contributed by atoms with E-state index in [0.29, 0.717) is 19.3 Å². The first-order chi connectivity index (χ1) is 33.4. The minimum Gasteiger partial charge on any atom is -0.462 e. The van der Waals surface area contributed by atoms with E-state index in [2.05, 4.69) is 27.7 Å². The van der Waals surface area contributed by atoms with E-state index >= 15 is 0 Å². The molecule has 0 saturated carbocycles. The largest absolute Gasteiger partial charge is 0.462 e. The van der Waals surface area contributed by atoms with Crippen molar-refractivity contribution in [3.63, 3.8) is 0 Å². The van der Waals surface area contributed by atoms with Crippen molar-refractivity contribution in [2.24, 2.45) is 5.92 Å². The number of carbonyl (C=O) groups is 3. The number of carbonyl (C=O) groups excluding carboxylic acids is 3. The molecule has 0 aromatic carbocycles. The van der Waals surface area contributed by atoms with E-state index in [9.17, 15) is 14.4 Å². The fourth-order valence-electron chi connectivity index (χ4n) is 9.63. The lowest BCUT2D eigenvalue weighted by molar-refractivity contribution is -0.167. The summed E-state index contributed by atoms with van der Waals surface area (Å²) < 4.78 is 16.9. The first kappa shape index (κ1) is 66.4. The smallest absolute Gasteiger partial charge is 0.306 e. The van der Waals surface area contributed by atoms with E-state index < -0.39 is 6.10 Å². The van der Waals surface area contributed by atoms with Gasteiger partial charge in [-0.2, -0.15) is 0 Å². The second-order valence-corrected chi connectivity index (χ2v) is 21.8. The fraction of sp³-hybridized carbons (Fsp3) is 0.952. The third kappa shape index (κ3) is 55.3. The molecule has 0 aromatic rings. The van der Waals surface area contributed by atoms with Crippen LogP contribution in [0.15, 0.2) is 0 Å². The maximum absolute atomic E-state index is 12.9. The minimum absolute atomic E-state index is 0.0614. The Kier molecular flexibility index (Phi) is 55.0. The predicted octanol–water partition coefficient (Wildman–Crippen LogP) is 20.6. The van der Waals surface area contributed by atoms with Gasteiger partial charge in [0.15, 0.2) is 6.10 Å². The van der Waals surface area contributed by atoms with Crippen molar-refractivity contribution in [1.29, 1.82) is 0 Å². The summed E-state index contributed by atoms with van der Waals surface area (Å²) in [6.07, 6.45) is 62.4. The van der Waals surface area contributed by atoms with E-state index in [1.807, 2.05) is 0 Å². The van der Waals surface area contributed by atoms with Crippen molar-refractivity contribution < 1.29 is 28.6 Å². The third-order valence-electron chi connectivity index (χ3n) is 14.3. The standard InChI is InChI=1S/C62H120O6/c1-5-7-9-11-13-15-17-19-21-23-25-26-28-33-37-41-45-49-53-60(63)66-56-59(57-67-61(64)54-50-46-42-38-34-31-30-32-36-40-44-48-52-58(3)4)68-62(65)55-51-47-43-39-35-29-27-24-22-20-18-16-14-12-10-8-6-2/h58-59H,5-57H2,1-4H3/t59-/m1/s1. The molecular weight excluding hydrogens is 841 g/mol. The Morgan fingerprint density at radius 3 is 0.721 bits per heavy atom. The monoisotopic (exact) mass is 961 g/mol. The maximum Gasteiger partial charge on any atom is 0.306 e. The van der Waals surface area contributed by atoms with Crippen LogP contribution in [0.1, 0.15) is 355 Å². The van der Waals surface area contributed by atoms with Crippen LogP contribution < -0.4 is 0 Å². The molecule has 0 amide bonds. The van der Waals surface area contributed by atoms with E-state index in [1.54, 1.807) is 0 Å². The number of rotatable bonds is 57. The molecule has 0 heterocycles. The van der Waals surface area contributed by atoms with Crippen LogP contribution in [-0.4, -0.2) is 37.2 Å². The zero-order valence-corrected chi connectivity index (χ0v) is 46.6. The van der Waals surface area contributed by atoms with Crippen LogP contribution >= 0.6 is 0 Å². The van der Waals surface area contributed by atoms with Crippen LogP contribution in [-0.2, 0) is 28.6 Å². The summed E-state index contributed by atoms with van der Waals surface area (Å²) in [5.74, 6) is 0.00337. The molecule has 0 fully saturated rings. The second kappa shape index (κ2) is 56.3. The van der Waals surface area contributed by atoms with Crippen LogP contribution in [0.25, 0.3) is 0 Å². The molecule has 0 N–H and O–H groups in total. The molecule has 68 heavy (non-hydrogen) atoms. The topological polar surface area (TPSA) is 78.9 Å². The molecular formula is C62H120O6. The van der Waals surface area contributed by atoms with E-state index in [0.717, 1.165) is 63.7 Å². The summed E-state index contributed by atoms with van der Waals surface area (Å²) >= 11 is 0. The minimum atomic E-state index is -0.762. The van der Waals surface area contributed by atoms with Crippen LogP contribution in [0.4, 0.5) is 0 Å². The molecule has 0 aliphatic heterocycles. The molecule has 0 unspecified atom stereocenters. The average molecular weight is 962 g/mol. The summed E-state index contributed by atoms with van der Waals surface area (Å²) in [6.45, 7) is 9.08. The molecule has 1 atom stereocenters. The number of ether oxygens (including phenoxy) is 3. The molecule has 404 valence electrons. The van der Waals surface area contributed by atoms with Crippen LogP contribution in [0.3, 0.4) is 0 Å². The van der Waals surface area contributed by atoms with Gasteiger partial charge in [-0.15, -0.1) is 0 Å². The molecule has 0 aromatic heterocycles. The molecule has 6 heteroatoms. The Bertz CT molecular complexity index is 1030. The SMILES string of the molecule is CCCCCCCCCCCCCCCCCCCCC(=O)OC[C@H](COC(=O)CCCCCCCCCCCCCCC(C)C)OC(=O)CCCCCCCCCCCCCCCCCCC. The van der Waals surface area contributed by atoms with Gasteiger partial charge in [-0.1, -0.05) is 317 Å². The summed E-state index contributed by atoms with van der Waals surface area (Å²) in [5.41, 5.74) is 0. The first-order valence-electron chi connectivity index (χ1n) is 30.9. The molecule has 0 aliphatic rings. The Labute approximate surface area is 425 Å². The van der Waals surface area contributed by atoms with Gasteiger partial charge in [-0.3, -0.25) is 14.4 Å². The third-order valence-corrected chi connectivity index (χ3v) is 14.3. The summed E-state index contributed by atoms with van der Waals surface area (Å²) in [6, 6.07) is 0. The van der Waals surface area contributed by atoms with Gasteiger partial charge in [0.1, 0.15) is 13.2 Å². The quantitative estimate of drug-likeness (QED) is 0.0343. The summed E-state index contributed by atoms with van der Waals surface area (Å²) in [7, 11) is 0. The number of hydrogen-bond donors (Lipinski definition) is 0. The number of unbranched alkanes of at least 4 members (excludes halogenated alkanes) is 44. The lowest BCUT2D eigenvalue weighted by Crippen LogP contribution is -2.30. The molecule has 0 aliphatic carbocycles. The van der Waals surface area contributed by atoms with Crippen LogP contribution in [0.5, 0.6) is 0 Å². The lowest BCUT2D eigenvalue weighted by atomic mass is 10.0. The highest BCUT2D eigenvalue weighted by Gasteiger charge is 2.19. The number of esters is 3. The van der Waals surface area contributed by atoms with Gasteiger partial charge in [0.2, 0.25) is 0 Å². The van der Waals surface area contributed by atoms with E-state index in [1.165, 1.54) is 250 Å². The molecule has 6 nitrogen and oxygen atoms in total. The van der Waals surface area contributed by atoms with Crippen molar-refractivity contribution in [3.8, 4) is 0 Å². The van der Waals surface area contributed by atoms with Gasteiger partial charge in [0.25, 0.3) is 0 Å². The zero-order valence-electron chi connectivity index (χ0n) is 46.6. The highest BCUT2D eigenvalue weighted by atomic mass is 16.6. The van der Waals surface area contributed by atoms with Crippen LogP contribution in [0, 0.1) is 5.92 Å². The maximum atomic E-state index is 12.9. The summed E-state index contributed by atoms with van der Waals surface area (Å²) in [5, 5.41) is 0. The van der Waals surface area contributed by atoms with Crippen molar-refractivity contribution in [1.82, 2.24) is 0 Å². The summed E-state index contributed by atoms with van der Waals surface area (Å²) in [4.78, 5) is 38.2. The highest BCUT2D eigenvalue weighted by molar-refractivity contribution is 5.71. The van der Waals surface area contributed by atoms with Gasteiger partial charge in [-0.25, -0.2) is 0 Å². The Hall–Kier alpha value is -1.59. The first-order valence-corrected chi connectivity index (χ1v) is 30.9. The Balaban J connectivity index is 4.29. The predicted molar refractivity (Wildman–Crippen MR) is 293 cm³/mol. The molecule has 0 spiro atoms. The molecule has 0 rings (SSSR count). The van der Waals surface area contributed by atoms with E-state index in [-0.39, 0.29) is 31.1 Å². The fourth-order valence-corrected chi connectivity index (χ4v) is 9.63. The van der Waals surface area contributed by atoms with Gasteiger partial charge in [-0.05, 0) is 25.2 Å². The Morgan fingerprint density at radius 1 is 0.279 bits per heavy atom. The van der Waals surface area contributed by atoms with E-state index in [4.69, 9.17) is 14.2 Å². The zero-order chi connectivity index (χ0) is 49.5. The van der Waals surface area contributed by atoms with Gasteiger partial charge in [0.05, 0.1) is 0 Å². The van der Waals surface area contributed by atoms with Crippen molar-refractivity contribution in [3.05, 3.63) is 0 Å². The van der Waals surface area contributed by atoms with Crippen LogP contribution in [0.2, 0.25) is 0 Å². The Morgan fingerprint density at radius 2 is 0.485 bits per heavy atom. The highest BCUT2D eigenvalue weighted by Crippen LogP contribution is 2.18. The van der Waals surface area contributed by atoms with Gasteiger partial charge < -0.3 is 14.2 Å². The normalized spacial score (nSPS) is 12.0. The lowest BCUT2D eigenvalue weighted by Gasteiger charge is -2.18. The van der Waals surface area contributed by atoms with Gasteiger partial charge in [0, 0.05) is 19.3 Å². The molecule has 0 bridgehead atoms. The number of hydrogen-bond acceptors (Lipinski definition) is 6. The van der Waals surface area contributed by atoms with Crippen molar-refractivity contribution in [2.75, 3.05) is 13.2 Å². The average Bonchev–Trinajstić information content (AvgIpc) is 3.32. The second-order valence-electron chi connectivity index (χ2n) is 21.8. The van der Waals surface area contributed by atoms with Crippen molar-refractivity contribution >= 4 is 17.9 Å². The van der Waals surface area contributed by atoms with Crippen molar-refractivity contribution in [2.45, 2.75) is 361 Å². The molecule has 0 radical (unpaired) electrons.